The fraction of sp³-hybridized carbons (Fsp3) is 0. The van der Waals surface area contributed by atoms with Gasteiger partial charge in [0.15, 0.2) is 17.4 Å². The number of rotatable bonds is 3. The maximum Gasteiger partial charge on any atom is 0.275 e. The Hall–Kier alpha value is -3.16. The van der Waals surface area contributed by atoms with Crippen molar-refractivity contribution in [3.63, 3.8) is 0 Å². The molecule has 3 aromatic rings. The Morgan fingerprint density at radius 2 is 1.64 bits per heavy atom. The normalized spacial score (nSPS) is 10.6. The van der Waals surface area contributed by atoms with Gasteiger partial charge in [-0.15, -0.1) is 0 Å². The van der Waals surface area contributed by atoms with E-state index in [1.807, 2.05) is 0 Å². The van der Waals surface area contributed by atoms with Crippen molar-refractivity contribution in [3.05, 3.63) is 64.5 Å². The number of nitro groups is 1. The molecule has 0 atom stereocenters. The van der Waals surface area contributed by atoms with E-state index in [0.717, 1.165) is 0 Å². The second kappa shape index (κ2) is 5.32. The van der Waals surface area contributed by atoms with Gasteiger partial charge in [0.1, 0.15) is 5.75 Å². The van der Waals surface area contributed by atoms with Gasteiger partial charge in [-0.1, -0.05) is 0 Å². The largest absolute Gasteiger partial charge is 0.451 e. The van der Waals surface area contributed by atoms with Crippen molar-refractivity contribution in [1.82, 2.24) is 9.97 Å². The Morgan fingerprint density at radius 3 is 2.27 bits per heavy atom. The van der Waals surface area contributed by atoms with Crippen molar-refractivity contribution in [1.29, 1.82) is 0 Å². The molecule has 22 heavy (non-hydrogen) atoms. The zero-order chi connectivity index (χ0) is 15.7. The van der Waals surface area contributed by atoms with Crippen LogP contribution in [-0.2, 0) is 0 Å². The van der Waals surface area contributed by atoms with E-state index in [-0.39, 0.29) is 5.75 Å². The second-order valence-electron chi connectivity index (χ2n) is 4.30. The maximum absolute atomic E-state index is 13.8. The molecule has 0 saturated heterocycles. The summed E-state index contributed by atoms with van der Waals surface area (Å²) in [6, 6.07) is 5.71. The molecule has 0 amide bonds. The number of ether oxygens (including phenoxy) is 1. The minimum atomic E-state index is -1.16. The summed E-state index contributed by atoms with van der Waals surface area (Å²) in [5.74, 6) is -2.90. The predicted molar refractivity (Wildman–Crippen MR) is 72.6 cm³/mol. The van der Waals surface area contributed by atoms with E-state index >= 15 is 0 Å². The molecule has 0 N–H and O–H groups in total. The molecule has 8 heteroatoms. The summed E-state index contributed by atoms with van der Waals surface area (Å²) in [7, 11) is 0. The number of fused-ring (bicyclic) bond motifs is 1. The fourth-order valence-corrected chi connectivity index (χ4v) is 1.87. The lowest BCUT2D eigenvalue weighted by molar-refractivity contribution is -0.385. The summed E-state index contributed by atoms with van der Waals surface area (Å²) < 4.78 is 32.7. The van der Waals surface area contributed by atoms with E-state index < -0.39 is 28.0 Å². The molecule has 6 nitrogen and oxygen atoms in total. The number of aromatic nitrogens is 2. The SMILES string of the molecule is O=[N+]([O-])c1cc(F)c(Oc2ccc3nccnc3c2)c(F)c1. The molecular formula is C14H7F2N3O3. The van der Waals surface area contributed by atoms with Crippen LogP contribution in [0.5, 0.6) is 11.5 Å². The topological polar surface area (TPSA) is 78.2 Å². The molecule has 0 fully saturated rings. The lowest BCUT2D eigenvalue weighted by Crippen LogP contribution is -1.96. The molecule has 3 rings (SSSR count). The van der Waals surface area contributed by atoms with Gasteiger partial charge in [-0.3, -0.25) is 20.1 Å². The van der Waals surface area contributed by atoms with Gasteiger partial charge in [0.25, 0.3) is 5.69 Å². The van der Waals surface area contributed by atoms with Gasteiger partial charge < -0.3 is 4.74 Å². The third-order valence-corrected chi connectivity index (χ3v) is 2.85. The third-order valence-electron chi connectivity index (χ3n) is 2.85. The molecule has 2 aromatic carbocycles. The van der Waals surface area contributed by atoms with E-state index in [0.29, 0.717) is 23.2 Å². The number of nitrogens with zero attached hydrogens (tertiary/aromatic N) is 3. The van der Waals surface area contributed by atoms with Gasteiger partial charge >= 0.3 is 0 Å². The van der Waals surface area contributed by atoms with Crippen LogP contribution >= 0.6 is 0 Å². The van der Waals surface area contributed by atoms with Crippen LogP contribution in [0.2, 0.25) is 0 Å². The third kappa shape index (κ3) is 2.53. The Morgan fingerprint density at radius 1 is 1.00 bits per heavy atom. The van der Waals surface area contributed by atoms with Crippen molar-refractivity contribution in [2.45, 2.75) is 0 Å². The highest BCUT2D eigenvalue weighted by atomic mass is 19.1. The average Bonchev–Trinajstić information content (AvgIpc) is 2.50. The van der Waals surface area contributed by atoms with Crippen LogP contribution in [-0.4, -0.2) is 14.9 Å². The van der Waals surface area contributed by atoms with E-state index in [2.05, 4.69) is 9.97 Å². The van der Waals surface area contributed by atoms with Crippen LogP contribution in [0.1, 0.15) is 0 Å². The molecule has 0 bridgehead atoms. The van der Waals surface area contributed by atoms with Crippen molar-refractivity contribution in [2.75, 3.05) is 0 Å². The lowest BCUT2D eigenvalue weighted by Gasteiger charge is -2.08. The van der Waals surface area contributed by atoms with Crippen molar-refractivity contribution in [2.24, 2.45) is 0 Å². The van der Waals surface area contributed by atoms with Crippen molar-refractivity contribution in [3.8, 4) is 11.5 Å². The van der Waals surface area contributed by atoms with Crippen molar-refractivity contribution < 1.29 is 18.4 Å². The van der Waals surface area contributed by atoms with Crippen LogP contribution in [0.4, 0.5) is 14.5 Å². The van der Waals surface area contributed by atoms with E-state index in [4.69, 9.17) is 4.74 Å². The summed E-state index contributed by atoms with van der Waals surface area (Å²) in [5.41, 5.74) is 0.397. The van der Waals surface area contributed by atoms with Crippen LogP contribution < -0.4 is 4.74 Å². The molecule has 0 spiro atoms. The zero-order valence-corrected chi connectivity index (χ0v) is 10.9. The number of hydrogen-bond acceptors (Lipinski definition) is 5. The number of hydrogen-bond donors (Lipinski definition) is 0. The molecule has 0 radical (unpaired) electrons. The minimum absolute atomic E-state index is 0.139. The first kappa shape index (κ1) is 13.8. The average molecular weight is 303 g/mol. The van der Waals surface area contributed by atoms with E-state index in [1.165, 1.54) is 24.5 Å². The first-order valence-electron chi connectivity index (χ1n) is 6.06. The Kier molecular flexibility index (Phi) is 3.34. The molecule has 0 aliphatic carbocycles. The first-order valence-corrected chi connectivity index (χ1v) is 6.06. The summed E-state index contributed by atoms with van der Waals surface area (Å²) in [6.45, 7) is 0. The number of non-ortho nitro benzene ring substituents is 1. The van der Waals surface area contributed by atoms with Crippen LogP contribution in [0.3, 0.4) is 0 Å². The molecule has 1 heterocycles. The number of halogens is 2. The Labute approximate surface area is 122 Å². The smallest absolute Gasteiger partial charge is 0.275 e. The zero-order valence-electron chi connectivity index (χ0n) is 10.9. The summed E-state index contributed by atoms with van der Waals surface area (Å²) >= 11 is 0. The van der Waals surface area contributed by atoms with E-state index in [1.54, 1.807) is 6.07 Å². The highest BCUT2D eigenvalue weighted by Crippen LogP contribution is 2.31. The highest BCUT2D eigenvalue weighted by molar-refractivity contribution is 5.75. The van der Waals surface area contributed by atoms with Crippen LogP contribution in [0, 0.1) is 21.7 Å². The monoisotopic (exact) mass is 303 g/mol. The van der Waals surface area contributed by atoms with Crippen molar-refractivity contribution >= 4 is 16.7 Å². The standard InChI is InChI=1S/C14H7F2N3O3/c15-10-5-8(19(20)21)6-11(16)14(10)22-9-1-2-12-13(7-9)18-4-3-17-12/h1-7H. The highest BCUT2D eigenvalue weighted by Gasteiger charge is 2.19. The Balaban J connectivity index is 1.99. The summed E-state index contributed by atoms with van der Waals surface area (Å²) in [6.07, 6.45) is 2.98. The molecule has 0 aliphatic rings. The summed E-state index contributed by atoms with van der Waals surface area (Å²) in [5, 5.41) is 10.5. The van der Waals surface area contributed by atoms with Gasteiger partial charge in [0.05, 0.1) is 28.1 Å². The maximum atomic E-state index is 13.8. The van der Waals surface area contributed by atoms with Gasteiger partial charge in [-0.05, 0) is 12.1 Å². The molecular weight excluding hydrogens is 296 g/mol. The molecule has 1 aromatic heterocycles. The minimum Gasteiger partial charge on any atom is -0.451 e. The van der Waals surface area contributed by atoms with Gasteiger partial charge in [0, 0.05) is 18.5 Å². The van der Waals surface area contributed by atoms with Gasteiger partial charge in [0.2, 0.25) is 0 Å². The molecule has 0 saturated carbocycles. The Bertz CT molecular complexity index is 863. The van der Waals surface area contributed by atoms with Gasteiger partial charge in [-0.2, -0.15) is 0 Å². The molecule has 110 valence electrons. The lowest BCUT2D eigenvalue weighted by atomic mass is 10.2. The van der Waals surface area contributed by atoms with Crippen LogP contribution in [0.25, 0.3) is 11.0 Å². The first-order chi connectivity index (χ1) is 10.5. The second-order valence-corrected chi connectivity index (χ2v) is 4.30. The number of nitro benzene ring substituents is 1. The fourth-order valence-electron chi connectivity index (χ4n) is 1.87. The molecule has 0 unspecified atom stereocenters. The number of benzene rings is 2. The quantitative estimate of drug-likeness (QED) is 0.545. The van der Waals surface area contributed by atoms with E-state index in [9.17, 15) is 18.9 Å². The predicted octanol–water partition coefficient (Wildman–Crippen LogP) is 3.61. The molecule has 0 aliphatic heterocycles. The summed E-state index contributed by atoms with van der Waals surface area (Å²) in [4.78, 5) is 17.8. The van der Waals surface area contributed by atoms with Crippen LogP contribution in [0.15, 0.2) is 42.7 Å². The van der Waals surface area contributed by atoms with Gasteiger partial charge in [-0.25, -0.2) is 8.78 Å².